The van der Waals surface area contributed by atoms with Crippen molar-refractivity contribution in [1.82, 2.24) is 4.90 Å². The highest BCUT2D eigenvalue weighted by atomic mass is 35.5. The predicted octanol–water partition coefficient (Wildman–Crippen LogP) is 2.30. The number of rotatable bonds is 6. The van der Waals surface area contributed by atoms with E-state index in [1.165, 1.54) is 12.8 Å². The van der Waals surface area contributed by atoms with Crippen molar-refractivity contribution in [3.05, 3.63) is 17.7 Å². The smallest absolute Gasteiger partial charge is 0.203 e. The van der Waals surface area contributed by atoms with E-state index < -0.39 is 0 Å². The van der Waals surface area contributed by atoms with Crippen LogP contribution in [0.2, 0.25) is 0 Å². The van der Waals surface area contributed by atoms with Gasteiger partial charge in [0.1, 0.15) is 0 Å². The summed E-state index contributed by atoms with van der Waals surface area (Å²) in [5.74, 6) is 2.79. The van der Waals surface area contributed by atoms with Crippen LogP contribution >= 0.6 is 12.4 Å². The maximum atomic E-state index is 5.75. The topological polar surface area (TPSA) is 57.0 Å². The Morgan fingerprint density at radius 2 is 1.68 bits per heavy atom. The molecule has 0 unspecified atom stereocenters. The average Bonchev–Trinajstić information content (AvgIpc) is 2.54. The van der Waals surface area contributed by atoms with Crippen molar-refractivity contribution >= 4 is 12.4 Å². The van der Waals surface area contributed by atoms with Crippen LogP contribution in [0.3, 0.4) is 0 Å². The lowest BCUT2D eigenvalue weighted by Gasteiger charge is -2.31. The van der Waals surface area contributed by atoms with Gasteiger partial charge in [0, 0.05) is 12.1 Å². The van der Waals surface area contributed by atoms with E-state index in [1.807, 2.05) is 6.07 Å². The number of piperidine rings is 1. The van der Waals surface area contributed by atoms with Gasteiger partial charge in [-0.2, -0.15) is 0 Å². The lowest BCUT2D eigenvalue weighted by molar-refractivity contribution is 0.178. The summed E-state index contributed by atoms with van der Waals surface area (Å²) in [6, 6.07) is 3.98. The van der Waals surface area contributed by atoms with Gasteiger partial charge in [0.25, 0.3) is 0 Å². The lowest BCUT2D eigenvalue weighted by atomic mass is 9.96. The van der Waals surface area contributed by atoms with Crippen molar-refractivity contribution in [2.75, 3.05) is 41.0 Å². The number of halogens is 1. The molecule has 126 valence electrons. The Balaban J connectivity index is 0.00000242. The first kappa shape index (κ1) is 18.9. The van der Waals surface area contributed by atoms with Crippen LogP contribution < -0.4 is 19.9 Å². The molecule has 1 aliphatic rings. The number of hydrogen-bond donors (Lipinski definition) is 1. The fourth-order valence-electron chi connectivity index (χ4n) is 2.91. The third kappa shape index (κ3) is 4.18. The van der Waals surface area contributed by atoms with Crippen molar-refractivity contribution in [1.29, 1.82) is 0 Å². The third-order valence-electron chi connectivity index (χ3n) is 4.22. The molecule has 0 atom stereocenters. The molecule has 6 heteroatoms. The number of benzene rings is 1. The highest BCUT2D eigenvalue weighted by molar-refractivity contribution is 5.85. The van der Waals surface area contributed by atoms with Crippen LogP contribution in [0.5, 0.6) is 17.2 Å². The zero-order chi connectivity index (χ0) is 15.2. The van der Waals surface area contributed by atoms with Gasteiger partial charge in [0.15, 0.2) is 11.5 Å². The minimum atomic E-state index is 0. The van der Waals surface area contributed by atoms with E-state index in [-0.39, 0.29) is 12.4 Å². The highest BCUT2D eigenvalue weighted by Gasteiger charge is 2.21. The van der Waals surface area contributed by atoms with E-state index in [0.717, 1.165) is 37.5 Å². The summed E-state index contributed by atoms with van der Waals surface area (Å²) < 4.78 is 16.3. The molecule has 1 aromatic rings. The van der Waals surface area contributed by atoms with Crippen molar-refractivity contribution in [2.24, 2.45) is 11.7 Å². The molecule has 0 bridgehead atoms. The van der Waals surface area contributed by atoms with E-state index in [0.29, 0.717) is 17.4 Å². The number of ether oxygens (including phenoxy) is 3. The van der Waals surface area contributed by atoms with Crippen LogP contribution in [0.4, 0.5) is 0 Å². The molecule has 2 rings (SSSR count). The second-order valence-electron chi connectivity index (χ2n) is 5.45. The number of nitrogens with zero attached hydrogens (tertiary/aromatic N) is 1. The highest BCUT2D eigenvalue weighted by Crippen LogP contribution is 2.40. The quantitative estimate of drug-likeness (QED) is 0.867. The minimum absolute atomic E-state index is 0. The third-order valence-corrected chi connectivity index (χ3v) is 4.22. The van der Waals surface area contributed by atoms with Gasteiger partial charge in [0.05, 0.1) is 21.3 Å². The van der Waals surface area contributed by atoms with Crippen LogP contribution in [0.25, 0.3) is 0 Å². The second-order valence-corrected chi connectivity index (χ2v) is 5.45. The molecule has 2 N–H and O–H groups in total. The number of nitrogens with two attached hydrogens (primary N) is 1. The summed E-state index contributed by atoms with van der Waals surface area (Å²) in [6.45, 7) is 3.83. The molecule has 0 aromatic heterocycles. The van der Waals surface area contributed by atoms with Gasteiger partial charge in [-0.15, -0.1) is 12.4 Å². The first-order chi connectivity index (χ1) is 10.2. The summed E-state index contributed by atoms with van der Waals surface area (Å²) in [5, 5.41) is 0. The van der Waals surface area contributed by atoms with E-state index in [2.05, 4.69) is 11.0 Å². The molecule has 1 aliphatic heterocycles. The summed E-state index contributed by atoms with van der Waals surface area (Å²) in [6.07, 6.45) is 2.35. The Hall–Kier alpha value is -1.17. The Morgan fingerprint density at radius 1 is 1.05 bits per heavy atom. The van der Waals surface area contributed by atoms with Crippen LogP contribution in [-0.2, 0) is 6.54 Å². The zero-order valence-corrected chi connectivity index (χ0v) is 14.4. The fourth-order valence-corrected chi connectivity index (χ4v) is 2.91. The molecule has 0 spiro atoms. The molecule has 0 saturated carbocycles. The van der Waals surface area contributed by atoms with Crippen LogP contribution in [0.15, 0.2) is 12.1 Å². The number of likely N-dealkylation sites (tertiary alicyclic amines) is 1. The maximum Gasteiger partial charge on any atom is 0.203 e. The van der Waals surface area contributed by atoms with Gasteiger partial charge in [0.2, 0.25) is 5.75 Å². The van der Waals surface area contributed by atoms with Crippen molar-refractivity contribution in [3.8, 4) is 17.2 Å². The molecule has 1 heterocycles. The normalized spacial score (nSPS) is 16.0. The first-order valence-corrected chi connectivity index (χ1v) is 7.43. The summed E-state index contributed by atoms with van der Waals surface area (Å²) in [7, 11) is 4.94. The van der Waals surface area contributed by atoms with E-state index >= 15 is 0 Å². The van der Waals surface area contributed by atoms with E-state index in [1.54, 1.807) is 21.3 Å². The van der Waals surface area contributed by atoms with Gasteiger partial charge in [-0.05, 0) is 44.5 Å². The van der Waals surface area contributed by atoms with Crippen molar-refractivity contribution in [3.63, 3.8) is 0 Å². The Bertz CT molecular complexity index is 463. The van der Waals surface area contributed by atoms with Gasteiger partial charge in [-0.1, -0.05) is 6.07 Å². The molecule has 1 fully saturated rings. The Morgan fingerprint density at radius 3 is 2.18 bits per heavy atom. The molecule has 1 saturated heterocycles. The lowest BCUT2D eigenvalue weighted by Crippen LogP contribution is -2.35. The number of methoxy groups -OCH3 is 3. The molecule has 0 aliphatic carbocycles. The molecule has 5 nitrogen and oxygen atoms in total. The van der Waals surface area contributed by atoms with Crippen LogP contribution in [-0.4, -0.2) is 45.9 Å². The molecule has 1 aromatic carbocycles. The Kier molecular flexibility index (Phi) is 7.79. The predicted molar refractivity (Wildman–Crippen MR) is 90.4 cm³/mol. The van der Waals surface area contributed by atoms with E-state index in [9.17, 15) is 0 Å². The molecular formula is C16H27ClN2O3. The fraction of sp³-hybridized carbons (Fsp3) is 0.625. The first-order valence-electron chi connectivity index (χ1n) is 7.43. The summed E-state index contributed by atoms with van der Waals surface area (Å²) in [4.78, 5) is 2.44. The van der Waals surface area contributed by atoms with Crippen molar-refractivity contribution in [2.45, 2.75) is 19.4 Å². The SMILES string of the molecule is COc1ccc(CN2CCC(CN)CC2)c(OC)c1OC.Cl. The molecule has 22 heavy (non-hydrogen) atoms. The maximum absolute atomic E-state index is 5.75. The minimum Gasteiger partial charge on any atom is -0.493 e. The average molecular weight is 331 g/mol. The zero-order valence-electron chi connectivity index (χ0n) is 13.6. The standard InChI is InChI=1S/C16H26N2O3.ClH/c1-19-14-5-4-13(15(20-2)16(14)21-3)11-18-8-6-12(10-17)7-9-18;/h4-5,12H,6-11,17H2,1-3H3;1H. The van der Waals surface area contributed by atoms with Gasteiger partial charge >= 0.3 is 0 Å². The van der Waals surface area contributed by atoms with Gasteiger partial charge < -0.3 is 19.9 Å². The molecule has 0 amide bonds. The monoisotopic (exact) mass is 330 g/mol. The van der Waals surface area contributed by atoms with E-state index in [4.69, 9.17) is 19.9 Å². The van der Waals surface area contributed by atoms with Crippen molar-refractivity contribution < 1.29 is 14.2 Å². The number of hydrogen-bond acceptors (Lipinski definition) is 5. The van der Waals surface area contributed by atoms with Crippen LogP contribution in [0, 0.1) is 5.92 Å². The largest absolute Gasteiger partial charge is 0.493 e. The Labute approximate surface area is 139 Å². The summed E-state index contributed by atoms with van der Waals surface area (Å²) >= 11 is 0. The molecule has 0 radical (unpaired) electrons. The van der Waals surface area contributed by atoms with Gasteiger partial charge in [-0.25, -0.2) is 0 Å². The second kappa shape index (κ2) is 9.08. The molecular weight excluding hydrogens is 304 g/mol. The van der Waals surface area contributed by atoms with Crippen LogP contribution in [0.1, 0.15) is 18.4 Å². The summed E-state index contributed by atoms with van der Waals surface area (Å²) in [5.41, 5.74) is 6.87. The van der Waals surface area contributed by atoms with Gasteiger partial charge in [-0.3, -0.25) is 4.90 Å².